The SMILES string of the molecule is CC(CCO)SCc1nc(-c2ccc(F)cc2)no1. The molecule has 0 radical (unpaired) electrons. The second-order valence-corrected chi connectivity index (χ2v) is 5.58. The standard InChI is InChI=1S/C13H15FN2O2S/c1-9(6-7-17)19-8-12-15-13(16-18-12)10-2-4-11(14)5-3-10/h2-5,9,17H,6-8H2,1H3. The maximum absolute atomic E-state index is 12.8. The molecule has 0 spiro atoms. The number of hydrogen-bond donors (Lipinski definition) is 1. The first kappa shape index (κ1) is 14.0. The lowest BCUT2D eigenvalue weighted by atomic mass is 10.2. The van der Waals surface area contributed by atoms with E-state index in [1.807, 2.05) is 6.92 Å². The minimum absolute atomic E-state index is 0.179. The van der Waals surface area contributed by atoms with Crippen LogP contribution < -0.4 is 0 Å². The van der Waals surface area contributed by atoms with Gasteiger partial charge in [-0.3, -0.25) is 0 Å². The van der Waals surface area contributed by atoms with E-state index in [1.165, 1.54) is 12.1 Å². The Morgan fingerprint density at radius 3 is 2.79 bits per heavy atom. The summed E-state index contributed by atoms with van der Waals surface area (Å²) in [5.41, 5.74) is 0.727. The van der Waals surface area contributed by atoms with Crippen molar-refractivity contribution in [1.82, 2.24) is 10.1 Å². The quantitative estimate of drug-likeness (QED) is 0.882. The van der Waals surface area contributed by atoms with Crippen molar-refractivity contribution in [2.75, 3.05) is 6.61 Å². The summed E-state index contributed by atoms with van der Waals surface area (Å²) in [5.74, 6) is 1.32. The van der Waals surface area contributed by atoms with Gasteiger partial charge in [-0.1, -0.05) is 12.1 Å². The Kier molecular flexibility index (Phi) is 4.93. The van der Waals surface area contributed by atoms with Crippen LogP contribution in [0.25, 0.3) is 11.4 Å². The predicted octanol–water partition coefficient (Wildman–Crippen LogP) is 2.88. The van der Waals surface area contributed by atoms with Crippen LogP contribution in [0.1, 0.15) is 19.2 Å². The molecule has 1 N–H and O–H groups in total. The molecular formula is C13H15FN2O2S. The van der Waals surface area contributed by atoms with E-state index in [2.05, 4.69) is 10.1 Å². The normalized spacial score (nSPS) is 12.6. The van der Waals surface area contributed by atoms with Crippen LogP contribution in [0.2, 0.25) is 0 Å². The third-order valence-corrected chi connectivity index (χ3v) is 3.82. The van der Waals surface area contributed by atoms with Gasteiger partial charge in [0.15, 0.2) is 0 Å². The van der Waals surface area contributed by atoms with Crippen LogP contribution in [-0.2, 0) is 5.75 Å². The maximum Gasteiger partial charge on any atom is 0.236 e. The summed E-state index contributed by atoms with van der Waals surface area (Å²) in [5, 5.41) is 13.0. The highest BCUT2D eigenvalue weighted by atomic mass is 32.2. The number of thioether (sulfide) groups is 1. The minimum atomic E-state index is -0.291. The monoisotopic (exact) mass is 282 g/mol. The molecule has 1 aromatic heterocycles. The van der Waals surface area contributed by atoms with Gasteiger partial charge in [0.25, 0.3) is 0 Å². The Labute approximate surface area is 115 Å². The topological polar surface area (TPSA) is 59.2 Å². The molecule has 0 bridgehead atoms. The van der Waals surface area contributed by atoms with Crippen LogP contribution >= 0.6 is 11.8 Å². The summed E-state index contributed by atoms with van der Waals surface area (Å²) in [7, 11) is 0. The molecule has 1 heterocycles. The Bertz CT molecular complexity index is 516. The van der Waals surface area contributed by atoms with Gasteiger partial charge in [0.1, 0.15) is 5.82 Å². The molecule has 0 aliphatic heterocycles. The number of rotatable bonds is 6. The van der Waals surface area contributed by atoms with E-state index in [9.17, 15) is 4.39 Å². The summed E-state index contributed by atoms with van der Waals surface area (Å²) >= 11 is 1.65. The van der Waals surface area contributed by atoms with E-state index in [0.717, 1.165) is 12.0 Å². The van der Waals surface area contributed by atoms with Crippen LogP contribution in [0.4, 0.5) is 4.39 Å². The average Bonchev–Trinajstić information content (AvgIpc) is 2.86. The van der Waals surface area contributed by atoms with Crippen LogP contribution in [0.15, 0.2) is 28.8 Å². The van der Waals surface area contributed by atoms with Crippen LogP contribution in [0.3, 0.4) is 0 Å². The number of aliphatic hydroxyl groups excluding tert-OH is 1. The largest absolute Gasteiger partial charge is 0.396 e. The van der Waals surface area contributed by atoms with Crippen molar-refractivity contribution in [2.45, 2.75) is 24.3 Å². The zero-order valence-electron chi connectivity index (χ0n) is 10.5. The molecule has 6 heteroatoms. The van der Waals surface area contributed by atoms with Crippen molar-refractivity contribution in [3.63, 3.8) is 0 Å². The van der Waals surface area contributed by atoms with E-state index in [1.54, 1.807) is 23.9 Å². The summed E-state index contributed by atoms with van der Waals surface area (Å²) in [6.07, 6.45) is 0.740. The predicted molar refractivity (Wildman–Crippen MR) is 72.2 cm³/mol. The Morgan fingerprint density at radius 2 is 2.11 bits per heavy atom. The first-order chi connectivity index (χ1) is 9.19. The van der Waals surface area contributed by atoms with Crippen LogP contribution in [0.5, 0.6) is 0 Å². The van der Waals surface area contributed by atoms with Crippen molar-refractivity contribution < 1.29 is 14.0 Å². The van der Waals surface area contributed by atoms with Crippen molar-refractivity contribution in [1.29, 1.82) is 0 Å². The highest BCUT2D eigenvalue weighted by Gasteiger charge is 2.10. The third-order valence-electron chi connectivity index (χ3n) is 2.60. The minimum Gasteiger partial charge on any atom is -0.396 e. The highest BCUT2D eigenvalue weighted by Crippen LogP contribution is 2.21. The fourth-order valence-electron chi connectivity index (χ4n) is 1.51. The van der Waals surface area contributed by atoms with Crippen molar-refractivity contribution in [3.05, 3.63) is 36.0 Å². The lowest BCUT2D eigenvalue weighted by Crippen LogP contribution is -1.99. The van der Waals surface area contributed by atoms with Gasteiger partial charge >= 0.3 is 0 Å². The molecule has 2 aromatic rings. The maximum atomic E-state index is 12.8. The number of aliphatic hydroxyl groups is 1. The second kappa shape index (κ2) is 6.68. The molecule has 19 heavy (non-hydrogen) atoms. The lowest BCUT2D eigenvalue weighted by molar-refractivity contribution is 0.289. The Morgan fingerprint density at radius 1 is 1.37 bits per heavy atom. The van der Waals surface area contributed by atoms with Crippen LogP contribution in [-0.4, -0.2) is 27.1 Å². The number of hydrogen-bond acceptors (Lipinski definition) is 5. The van der Waals surface area contributed by atoms with Crippen molar-refractivity contribution >= 4 is 11.8 Å². The van der Waals surface area contributed by atoms with Gasteiger partial charge in [0.05, 0.1) is 5.75 Å². The number of nitrogens with zero attached hydrogens (tertiary/aromatic N) is 2. The molecule has 1 atom stereocenters. The molecule has 2 rings (SSSR count). The molecule has 4 nitrogen and oxygen atoms in total. The highest BCUT2D eigenvalue weighted by molar-refractivity contribution is 7.99. The fraction of sp³-hybridized carbons (Fsp3) is 0.385. The van der Waals surface area contributed by atoms with Crippen LogP contribution in [0, 0.1) is 5.82 Å². The van der Waals surface area contributed by atoms with Gasteiger partial charge in [-0.2, -0.15) is 4.98 Å². The molecule has 0 amide bonds. The van der Waals surface area contributed by atoms with Gasteiger partial charge in [-0.05, 0) is 30.7 Å². The molecule has 0 fully saturated rings. The van der Waals surface area contributed by atoms with Gasteiger partial charge in [-0.15, -0.1) is 11.8 Å². The molecule has 0 aliphatic carbocycles. The first-order valence-electron chi connectivity index (χ1n) is 6.00. The molecule has 102 valence electrons. The molecule has 1 unspecified atom stereocenters. The van der Waals surface area contributed by atoms with E-state index < -0.39 is 0 Å². The first-order valence-corrected chi connectivity index (χ1v) is 7.05. The molecule has 0 aliphatic rings. The summed E-state index contributed by atoms with van der Waals surface area (Å²) < 4.78 is 17.9. The molecule has 1 aromatic carbocycles. The third kappa shape index (κ3) is 4.04. The number of aromatic nitrogens is 2. The van der Waals surface area contributed by atoms with E-state index in [4.69, 9.17) is 9.63 Å². The second-order valence-electron chi connectivity index (χ2n) is 4.15. The summed E-state index contributed by atoms with van der Waals surface area (Å²) in [4.78, 5) is 4.26. The summed E-state index contributed by atoms with van der Waals surface area (Å²) in [6, 6.07) is 5.96. The van der Waals surface area contributed by atoms with Gasteiger partial charge in [-0.25, -0.2) is 4.39 Å². The average molecular weight is 282 g/mol. The van der Waals surface area contributed by atoms with E-state index in [0.29, 0.717) is 22.7 Å². The van der Waals surface area contributed by atoms with Crippen molar-refractivity contribution in [3.8, 4) is 11.4 Å². The Balaban J connectivity index is 1.97. The number of benzene rings is 1. The number of halogens is 1. The Hall–Kier alpha value is -1.40. The zero-order valence-corrected chi connectivity index (χ0v) is 11.4. The van der Waals surface area contributed by atoms with E-state index >= 15 is 0 Å². The fourth-order valence-corrected chi connectivity index (χ4v) is 2.32. The molecule has 0 saturated carbocycles. The summed E-state index contributed by atoms with van der Waals surface area (Å²) in [6.45, 7) is 2.22. The van der Waals surface area contributed by atoms with Gasteiger partial charge < -0.3 is 9.63 Å². The smallest absolute Gasteiger partial charge is 0.236 e. The lowest BCUT2D eigenvalue weighted by Gasteiger charge is -2.05. The molecular weight excluding hydrogens is 267 g/mol. The molecule has 0 saturated heterocycles. The van der Waals surface area contributed by atoms with Crippen molar-refractivity contribution in [2.24, 2.45) is 0 Å². The van der Waals surface area contributed by atoms with E-state index in [-0.39, 0.29) is 12.4 Å². The van der Waals surface area contributed by atoms with Gasteiger partial charge in [0.2, 0.25) is 11.7 Å². The van der Waals surface area contributed by atoms with Gasteiger partial charge in [0, 0.05) is 17.4 Å². The zero-order chi connectivity index (χ0) is 13.7.